The summed E-state index contributed by atoms with van der Waals surface area (Å²) in [6.07, 6.45) is -3.46. The fourth-order valence-electron chi connectivity index (χ4n) is 3.24. The summed E-state index contributed by atoms with van der Waals surface area (Å²) in [5, 5.41) is 3.63. The van der Waals surface area contributed by atoms with Crippen molar-refractivity contribution in [2.75, 3.05) is 31.1 Å². The van der Waals surface area contributed by atoms with E-state index in [4.69, 9.17) is 16.6 Å². The summed E-state index contributed by atoms with van der Waals surface area (Å²) < 4.78 is 38.0. The molecular formula is C20H18ClF3N4S. The molecule has 2 aromatic heterocycles. The van der Waals surface area contributed by atoms with Gasteiger partial charge in [-0.3, -0.25) is 4.90 Å². The summed E-state index contributed by atoms with van der Waals surface area (Å²) in [6.45, 7) is 3.73. The maximum absolute atomic E-state index is 12.7. The molecule has 0 amide bonds. The molecule has 0 atom stereocenters. The predicted octanol–water partition coefficient (Wildman–Crippen LogP) is 5.20. The molecule has 1 aliphatic heterocycles. The molecule has 4 rings (SSSR count). The summed E-state index contributed by atoms with van der Waals surface area (Å²) in [6, 6.07) is 10.2. The molecule has 0 N–H and O–H groups in total. The average molecular weight is 439 g/mol. The van der Waals surface area contributed by atoms with E-state index < -0.39 is 11.7 Å². The van der Waals surface area contributed by atoms with Crippen molar-refractivity contribution in [1.82, 2.24) is 14.9 Å². The van der Waals surface area contributed by atoms with E-state index in [1.807, 2.05) is 34.5 Å². The Bertz CT molecular complexity index is 966. The largest absolute Gasteiger partial charge is 0.417 e. The number of pyridine rings is 1. The van der Waals surface area contributed by atoms with Gasteiger partial charge in [0.15, 0.2) is 0 Å². The van der Waals surface area contributed by atoms with E-state index in [9.17, 15) is 13.2 Å². The van der Waals surface area contributed by atoms with E-state index in [1.165, 1.54) is 6.07 Å². The van der Waals surface area contributed by atoms with Gasteiger partial charge in [-0.05, 0) is 18.2 Å². The van der Waals surface area contributed by atoms with Crippen molar-refractivity contribution in [3.63, 3.8) is 0 Å². The zero-order valence-electron chi connectivity index (χ0n) is 15.4. The number of thiazole rings is 1. The highest BCUT2D eigenvalue weighted by atomic mass is 35.5. The molecule has 29 heavy (non-hydrogen) atoms. The van der Waals surface area contributed by atoms with Crippen molar-refractivity contribution in [3.8, 4) is 10.6 Å². The SMILES string of the molecule is FC(F)(F)c1ccc(N2CCN(Cc3csc(-c4ccccc4Cl)n3)CC2)nc1. The van der Waals surface area contributed by atoms with Crippen LogP contribution < -0.4 is 4.90 Å². The Morgan fingerprint density at radius 2 is 1.79 bits per heavy atom. The van der Waals surface area contributed by atoms with Gasteiger partial charge in [0, 0.05) is 49.9 Å². The molecule has 0 bridgehead atoms. The van der Waals surface area contributed by atoms with Crippen molar-refractivity contribution in [3.05, 3.63) is 64.3 Å². The minimum atomic E-state index is -4.36. The minimum absolute atomic E-state index is 0.576. The van der Waals surface area contributed by atoms with Gasteiger partial charge in [0.2, 0.25) is 0 Å². The van der Waals surface area contributed by atoms with E-state index in [-0.39, 0.29) is 0 Å². The fourth-order valence-corrected chi connectivity index (χ4v) is 4.37. The van der Waals surface area contributed by atoms with Crippen molar-refractivity contribution >= 4 is 28.8 Å². The number of alkyl halides is 3. The molecule has 1 aliphatic rings. The molecule has 0 radical (unpaired) electrons. The molecular weight excluding hydrogens is 421 g/mol. The second-order valence-electron chi connectivity index (χ2n) is 6.79. The molecule has 0 aliphatic carbocycles. The first kappa shape index (κ1) is 20.1. The molecule has 1 fully saturated rings. The first-order chi connectivity index (χ1) is 13.9. The van der Waals surface area contributed by atoms with Crippen molar-refractivity contribution in [1.29, 1.82) is 0 Å². The first-order valence-corrected chi connectivity index (χ1v) is 10.4. The highest BCUT2D eigenvalue weighted by Crippen LogP contribution is 2.31. The molecule has 0 spiro atoms. The summed E-state index contributed by atoms with van der Waals surface area (Å²) in [7, 11) is 0. The Labute approximate surface area is 175 Å². The second-order valence-corrected chi connectivity index (χ2v) is 8.06. The van der Waals surface area contributed by atoms with Crippen LogP contribution in [0, 0.1) is 0 Å². The van der Waals surface area contributed by atoms with E-state index >= 15 is 0 Å². The zero-order valence-corrected chi connectivity index (χ0v) is 16.9. The van der Waals surface area contributed by atoms with Gasteiger partial charge in [-0.2, -0.15) is 13.2 Å². The van der Waals surface area contributed by atoms with Gasteiger partial charge < -0.3 is 4.90 Å². The number of aromatic nitrogens is 2. The van der Waals surface area contributed by atoms with Crippen molar-refractivity contribution in [2.24, 2.45) is 0 Å². The standard InChI is InChI=1S/C20H18ClF3N4S/c21-17-4-2-1-3-16(17)19-26-15(13-29-19)12-27-7-9-28(10-8-27)18-6-5-14(11-25-18)20(22,23)24/h1-6,11,13H,7-10,12H2. The number of benzene rings is 1. The highest BCUT2D eigenvalue weighted by Gasteiger charge is 2.31. The molecule has 1 aromatic carbocycles. The topological polar surface area (TPSA) is 32.3 Å². The van der Waals surface area contributed by atoms with Crippen LogP contribution in [0.1, 0.15) is 11.3 Å². The van der Waals surface area contributed by atoms with Gasteiger partial charge in [-0.1, -0.05) is 29.8 Å². The Balaban J connectivity index is 1.34. The smallest absolute Gasteiger partial charge is 0.354 e. The second kappa shape index (κ2) is 8.30. The van der Waals surface area contributed by atoms with Crippen molar-refractivity contribution in [2.45, 2.75) is 12.7 Å². The summed E-state index contributed by atoms with van der Waals surface area (Å²) in [5.74, 6) is 0.576. The van der Waals surface area contributed by atoms with Crippen LogP contribution in [-0.2, 0) is 12.7 Å². The molecule has 152 valence electrons. The number of anilines is 1. The van der Waals surface area contributed by atoms with E-state index in [1.54, 1.807) is 11.3 Å². The van der Waals surface area contributed by atoms with E-state index in [0.717, 1.165) is 48.2 Å². The number of hydrogen-bond acceptors (Lipinski definition) is 5. The molecule has 9 heteroatoms. The molecule has 1 saturated heterocycles. The maximum Gasteiger partial charge on any atom is 0.417 e. The average Bonchev–Trinajstić information content (AvgIpc) is 3.16. The Hall–Kier alpha value is -2.16. The van der Waals surface area contributed by atoms with Crippen LogP contribution in [0.2, 0.25) is 5.02 Å². The van der Waals surface area contributed by atoms with Crippen LogP contribution in [0.4, 0.5) is 19.0 Å². The van der Waals surface area contributed by atoms with Gasteiger partial charge >= 0.3 is 6.18 Å². The van der Waals surface area contributed by atoms with Gasteiger partial charge in [0.1, 0.15) is 10.8 Å². The molecule has 0 unspecified atom stereocenters. The van der Waals surface area contributed by atoms with Crippen LogP contribution in [0.3, 0.4) is 0 Å². The maximum atomic E-state index is 12.7. The van der Waals surface area contributed by atoms with Crippen LogP contribution in [-0.4, -0.2) is 41.0 Å². The third-order valence-corrected chi connectivity index (χ3v) is 6.07. The number of halogens is 4. The van der Waals surface area contributed by atoms with Gasteiger partial charge in [-0.25, -0.2) is 9.97 Å². The van der Waals surface area contributed by atoms with Crippen LogP contribution in [0.5, 0.6) is 0 Å². The van der Waals surface area contributed by atoms with Crippen LogP contribution in [0.25, 0.3) is 10.6 Å². The molecule has 0 saturated carbocycles. The lowest BCUT2D eigenvalue weighted by Crippen LogP contribution is -2.46. The number of nitrogens with zero attached hydrogens (tertiary/aromatic N) is 4. The summed E-state index contributed by atoms with van der Waals surface area (Å²) >= 11 is 7.82. The van der Waals surface area contributed by atoms with Gasteiger partial charge in [0.05, 0.1) is 16.3 Å². The molecule has 3 heterocycles. The minimum Gasteiger partial charge on any atom is -0.354 e. The van der Waals surface area contributed by atoms with Crippen molar-refractivity contribution < 1.29 is 13.2 Å². The fraction of sp³-hybridized carbons (Fsp3) is 0.300. The number of hydrogen-bond donors (Lipinski definition) is 0. The van der Waals surface area contributed by atoms with E-state index in [0.29, 0.717) is 23.9 Å². The third kappa shape index (κ3) is 4.71. The van der Waals surface area contributed by atoms with Gasteiger partial charge in [-0.15, -0.1) is 11.3 Å². The first-order valence-electron chi connectivity index (χ1n) is 9.10. The Morgan fingerprint density at radius 1 is 1.03 bits per heavy atom. The molecule has 3 aromatic rings. The summed E-state index contributed by atoms with van der Waals surface area (Å²) in [5.41, 5.74) is 1.20. The monoisotopic (exact) mass is 438 g/mol. The lowest BCUT2D eigenvalue weighted by Gasteiger charge is -2.35. The lowest BCUT2D eigenvalue weighted by molar-refractivity contribution is -0.137. The quantitative estimate of drug-likeness (QED) is 0.560. The third-order valence-electron chi connectivity index (χ3n) is 4.81. The highest BCUT2D eigenvalue weighted by molar-refractivity contribution is 7.13. The Kier molecular flexibility index (Phi) is 5.76. The van der Waals surface area contributed by atoms with Gasteiger partial charge in [0.25, 0.3) is 0 Å². The number of piperazine rings is 1. The Morgan fingerprint density at radius 3 is 2.45 bits per heavy atom. The normalized spacial score (nSPS) is 15.7. The van der Waals surface area contributed by atoms with Crippen LogP contribution >= 0.6 is 22.9 Å². The van der Waals surface area contributed by atoms with E-state index in [2.05, 4.69) is 9.88 Å². The molecule has 4 nitrogen and oxygen atoms in total. The number of rotatable bonds is 4. The zero-order chi connectivity index (χ0) is 20.4. The predicted molar refractivity (Wildman–Crippen MR) is 109 cm³/mol. The lowest BCUT2D eigenvalue weighted by atomic mass is 10.2. The van der Waals surface area contributed by atoms with Crippen LogP contribution in [0.15, 0.2) is 48.0 Å². The summed E-state index contributed by atoms with van der Waals surface area (Å²) in [4.78, 5) is 13.0.